The lowest BCUT2D eigenvalue weighted by molar-refractivity contribution is -0.384. The molecule has 2 N–H and O–H groups in total. The summed E-state index contributed by atoms with van der Waals surface area (Å²) in [6.45, 7) is 1.67. The van der Waals surface area contributed by atoms with Gasteiger partial charge in [-0.15, -0.1) is 0 Å². The van der Waals surface area contributed by atoms with E-state index < -0.39 is 28.3 Å². The summed E-state index contributed by atoms with van der Waals surface area (Å²) >= 11 is 0. The van der Waals surface area contributed by atoms with Gasteiger partial charge in [0, 0.05) is 12.3 Å². The quantitative estimate of drug-likeness (QED) is 0.653. The van der Waals surface area contributed by atoms with Crippen LogP contribution < -0.4 is 10.9 Å². The molecule has 2 rings (SSSR count). The van der Waals surface area contributed by atoms with Gasteiger partial charge in [0.15, 0.2) is 0 Å². The highest BCUT2D eigenvalue weighted by molar-refractivity contribution is 5.92. The summed E-state index contributed by atoms with van der Waals surface area (Å²) in [5, 5.41) is 10.9. The second-order valence-corrected chi connectivity index (χ2v) is 4.61. The first-order chi connectivity index (χ1) is 11.2. The van der Waals surface area contributed by atoms with E-state index in [-0.39, 0.29) is 11.4 Å². The molecule has 1 heterocycles. The first-order valence-corrected chi connectivity index (χ1v) is 6.39. The van der Waals surface area contributed by atoms with Crippen molar-refractivity contribution < 1.29 is 22.9 Å². The van der Waals surface area contributed by atoms with Crippen LogP contribution in [0.2, 0.25) is 0 Å². The van der Waals surface area contributed by atoms with Gasteiger partial charge in [-0.1, -0.05) is 0 Å². The average Bonchev–Trinajstić information content (AvgIpc) is 2.52. The number of nitro benzene ring substituents is 1. The van der Waals surface area contributed by atoms with E-state index in [1.807, 2.05) is 0 Å². The largest absolute Gasteiger partial charge is 0.416 e. The molecule has 0 aliphatic rings. The highest BCUT2D eigenvalue weighted by atomic mass is 19.4. The Hall–Kier alpha value is -3.24. The van der Waals surface area contributed by atoms with E-state index in [4.69, 9.17) is 0 Å². The summed E-state index contributed by atoms with van der Waals surface area (Å²) < 4.78 is 37.8. The lowest BCUT2D eigenvalue weighted by Gasteiger charge is -2.11. The Morgan fingerprint density at radius 1 is 1.25 bits per heavy atom. The molecule has 0 unspecified atom stereocenters. The monoisotopic (exact) mass is 341 g/mol. The minimum absolute atomic E-state index is 0.0670. The number of carbonyl (C=O) groups is 1. The van der Waals surface area contributed by atoms with Gasteiger partial charge < -0.3 is 0 Å². The zero-order chi connectivity index (χ0) is 17.9. The molecule has 11 heteroatoms. The minimum atomic E-state index is -4.72. The Morgan fingerprint density at radius 3 is 2.50 bits per heavy atom. The van der Waals surface area contributed by atoms with Gasteiger partial charge in [-0.3, -0.25) is 30.7 Å². The third-order valence-corrected chi connectivity index (χ3v) is 2.85. The highest BCUT2D eigenvalue weighted by Crippen LogP contribution is 2.34. The molecule has 1 aromatic carbocycles. The van der Waals surface area contributed by atoms with Crippen molar-refractivity contribution >= 4 is 17.3 Å². The molecule has 126 valence electrons. The van der Waals surface area contributed by atoms with Crippen molar-refractivity contribution in [2.45, 2.75) is 13.1 Å². The summed E-state index contributed by atoms with van der Waals surface area (Å²) in [4.78, 5) is 29.4. The van der Waals surface area contributed by atoms with Crippen LogP contribution in [0.4, 0.5) is 24.5 Å². The maximum absolute atomic E-state index is 12.6. The number of alkyl halides is 3. The highest BCUT2D eigenvalue weighted by Gasteiger charge is 2.33. The second-order valence-electron chi connectivity index (χ2n) is 4.61. The van der Waals surface area contributed by atoms with E-state index in [0.29, 0.717) is 17.8 Å². The molecule has 0 aliphatic carbocycles. The van der Waals surface area contributed by atoms with Crippen molar-refractivity contribution in [2.24, 2.45) is 0 Å². The minimum Gasteiger partial charge on any atom is -0.292 e. The van der Waals surface area contributed by atoms with Gasteiger partial charge in [0.05, 0.1) is 22.4 Å². The number of anilines is 1. The van der Waals surface area contributed by atoms with Crippen molar-refractivity contribution in [1.29, 1.82) is 0 Å². The molecule has 24 heavy (non-hydrogen) atoms. The van der Waals surface area contributed by atoms with Gasteiger partial charge in [0.2, 0.25) is 0 Å². The molecular weight excluding hydrogens is 331 g/mol. The fourth-order valence-corrected chi connectivity index (χ4v) is 1.66. The van der Waals surface area contributed by atoms with Gasteiger partial charge >= 0.3 is 6.18 Å². The molecule has 1 aromatic heterocycles. The number of nitrogens with one attached hydrogen (secondary N) is 2. The smallest absolute Gasteiger partial charge is 0.292 e. The summed E-state index contributed by atoms with van der Waals surface area (Å²) in [5.41, 5.74) is 2.53. The number of halogens is 3. The normalized spacial score (nSPS) is 11.0. The lowest BCUT2D eigenvalue weighted by Crippen LogP contribution is -2.30. The number of carbonyl (C=O) groups excluding carboxylic acids is 1. The summed E-state index contributed by atoms with van der Waals surface area (Å²) in [6, 6.07) is 1.88. The lowest BCUT2D eigenvalue weighted by atomic mass is 10.1. The zero-order valence-electron chi connectivity index (χ0n) is 12.1. The fraction of sp³-hybridized carbons (Fsp3) is 0.154. The molecule has 0 fully saturated rings. The van der Waals surface area contributed by atoms with Crippen molar-refractivity contribution in [3.63, 3.8) is 0 Å². The average molecular weight is 341 g/mol. The molecule has 2 aromatic rings. The number of hydrogen-bond donors (Lipinski definition) is 2. The Morgan fingerprint density at radius 2 is 1.96 bits per heavy atom. The maximum atomic E-state index is 12.6. The zero-order valence-corrected chi connectivity index (χ0v) is 12.1. The van der Waals surface area contributed by atoms with Crippen LogP contribution >= 0.6 is 0 Å². The molecule has 8 nitrogen and oxygen atoms in total. The van der Waals surface area contributed by atoms with Crippen molar-refractivity contribution in [3.05, 3.63) is 57.7 Å². The van der Waals surface area contributed by atoms with E-state index in [9.17, 15) is 28.1 Å². The molecule has 0 aliphatic heterocycles. The van der Waals surface area contributed by atoms with Crippen LogP contribution in [0.25, 0.3) is 0 Å². The van der Waals surface area contributed by atoms with E-state index >= 15 is 0 Å². The number of benzene rings is 1. The number of nitro groups is 1. The summed E-state index contributed by atoms with van der Waals surface area (Å²) in [7, 11) is 0. The Bertz CT molecular complexity index is 777. The number of aryl methyl sites for hydroxylation is 1. The van der Waals surface area contributed by atoms with Crippen LogP contribution in [0.15, 0.2) is 30.6 Å². The predicted octanol–water partition coefficient (Wildman–Crippen LogP) is 2.47. The third-order valence-electron chi connectivity index (χ3n) is 2.85. The Balaban J connectivity index is 2.18. The molecule has 0 spiro atoms. The SMILES string of the molecule is Cc1cnc(C(=O)NNc2ccc(C(F)(F)F)cc2[N+](=O)[O-])cn1. The van der Waals surface area contributed by atoms with Crippen LogP contribution in [-0.2, 0) is 6.18 Å². The Kier molecular flexibility index (Phi) is 4.62. The van der Waals surface area contributed by atoms with Crippen LogP contribution in [0.5, 0.6) is 0 Å². The van der Waals surface area contributed by atoms with Gasteiger partial charge in [-0.25, -0.2) is 4.98 Å². The number of hydrogen-bond acceptors (Lipinski definition) is 6. The van der Waals surface area contributed by atoms with E-state index in [2.05, 4.69) is 20.8 Å². The topological polar surface area (TPSA) is 110 Å². The van der Waals surface area contributed by atoms with Crippen LogP contribution in [-0.4, -0.2) is 20.8 Å². The van der Waals surface area contributed by atoms with Gasteiger partial charge in [0.25, 0.3) is 11.6 Å². The number of amides is 1. The molecule has 1 amide bonds. The van der Waals surface area contributed by atoms with Crippen LogP contribution in [0, 0.1) is 17.0 Å². The van der Waals surface area contributed by atoms with Crippen LogP contribution in [0.3, 0.4) is 0 Å². The Labute approximate surface area is 132 Å². The van der Waals surface area contributed by atoms with Crippen molar-refractivity contribution in [2.75, 3.05) is 5.43 Å². The van der Waals surface area contributed by atoms with Crippen molar-refractivity contribution in [3.8, 4) is 0 Å². The van der Waals surface area contributed by atoms with Gasteiger partial charge in [-0.05, 0) is 19.1 Å². The molecule has 0 bridgehead atoms. The number of rotatable bonds is 4. The third kappa shape index (κ3) is 3.94. The number of aromatic nitrogens is 2. The maximum Gasteiger partial charge on any atom is 0.416 e. The molecular formula is C13H10F3N5O3. The number of nitrogens with zero attached hydrogens (tertiary/aromatic N) is 3. The summed E-state index contributed by atoms with van der Waals surface area (Å²) in [6.07, 6.45) is -2.19. The van der Waals surface area contributed by atoms with Crippen molar-refractivity contribution in [1.82, 2.24) is 15.4 Å². The van der Waals surface area contributed by atoms with Gasteiger partial charge in [-0.2, -0.15) is 13.2 Å². The van der Waals surface area contributed by atoms with Gasteiger partial charge in [0.1, 0.15) is 11.4 Å². The standard InChI is InChI=1S/C13H10F3N5O3/c1-7-5-18-10(6-17-7)12(22)20-19-9-3-2-8(13(14,15)16)4-11(9)21(23)24/h2-6,19H,1H3,(H,20,22). The van der Waals surface area contributed by atoms with E-state index in [1.165, 1.54) is 12.4 Å². The summed E-state index contributed by atoms with van der Waals surface area (Å²) in [5.74, 6) is -0.753. The molecule has 0 radical (unpaired) electrons. The van der Waals surface area contributed by atoms with Crippen LogP contribution in [0.1, 0.15) is 21.7 Å². The first kappa shape index (κ1) is 17.1. The van der Waals surface area contributed by atoms with E-state index in [1.54, 1.807) is 6.92 Å². The second kappa shape index (κ2) is 6.48. The first-order valence-electron chi connectivity index (χ1n) is 6.39. The fourth-order valence-electron chi connectivity index (χ4n) is 1.66. The van der Waals surface area contributed by atoms with E-state index in [0.717, 1.165) is 6.07 Å². The predicted molar refractivity (Wildman–Crippen MR) is 76.0 cm³/mol. The molecule has 0 saturated carbocycles. The molecule has 0 atom stereocenters. The number of hydrazine groups is 1. The molecule has 0 saturated heterocycles.